The van der Waals surface area contributed by atoms with Gasteiger partial charge in [-0.25, -0.2) is 4.90 Å². The van der Waals surface area contributed by atoms with Crippen LogP contribution < -0.4 is 4.90 Å². The van der Waals surface area contributed by atoms with Crippen LogP contribution in [-0.4, -0.2) is 11.8 Å². The fraction of sp³-hybridized carbons (Fsp3) is 0.200. The van der Waals surface area contributed by atoms with Crippen molar-refractivity contribution in [2.45, 2.75) is 18.3 Å². The molecule has 142 valence electrons. The van der Waals surface area contributed by atoms with Crippen LogP contribution in [-0.2, 0) is 15.0 Å². The van der Waals surface area contributed by atoms with Crippen molar-refractivity contribution in [3.63, 3.8) is 0 Å². The lowest BCUT2D eigenvalue weighted by Crippen LogP contribution is -2.51. The Hall–Kier alpha value is -2.91. The van der Waals surface area contributed by atoms with Crippen LogP contribution in [0.4, 0.5) is 5.69 Å². The first-order valence-corrected chi connectivity index (χ1v) is 10.2. The number of hydrogen-bond donors (Lipinski definition) is 0. The quantitative estimate of drug-likeness (QED) is 0.545. The maximum Gasteiger partial charge on any atom is 0.238 e. The number of halogens is 1. The Morgan fingerprint density at radius 3 is 1.93 bits per heavy atom. The first kappa shape index (κ1) is 17.0. The van der Waals surface area contributed by atoms with Gasteiger partial charge in [0.05, 0.1) is 17.5 Å². The summed E-state index contributed by atoms with van der Waals surface area (Å²) in [7, 11) is 0. The molecule has 2 atom stereocenters. The van der Waals surface area contributed by atoms with Gasteiger partial charge in [0.25, 0.3) is 0 Å². The van der Waals surface area contributed by atoms with Gasteiger partial charge in [-0.1, -0.05) is 67.1 Å². The minimum atomic E-state index is -0.527. The molecule has 3 nitrogen and oxygen atoms in total. The molecule has 2 bridgehead atoms. The fourth-order valence-corrected chi connectivity index (χ4v) is 6.12. The number of hydrogen-bond acceptors (Lipinski definition) is 2. The molecule has 7 rings (SSSR count). The standard InChI is InChI=1S/C25H18ClNO2/c1-25-18-8-4-2-6-16(18)20(17-7-3-5-9-19(17)25)21-22(25)24(29)27(23(21)28)15-12-10-14(26)11-13-15/h2-13,20-22H,1H3/t20?,21-,22+,25?/m1/s1. The predicted octanol–water partition coefficient (Wildman–Crippen LogP) is 4.91. The molecule has 4 aliphatic rings. The van der Waals surface area contributed by atoms with Crippen molar-refractivity contribution in [1.82, 2.24) is 0 Å². The summed E-state index contributed by atoms with van der Waals surface area (Å²) in [5.74, 6) is -1.10. The average molecular weight is 400 g/mol. The number of carbonyl (C=O) groups excluding carboxylic acids is 2. The minimum Gasteiger partial charge on any atom is -0.274 e. The van der Waals surface area contributed by atoms with Crippen molar-refractivity contribution < 1.29 is 9.59 Å². The fourth-order valence-electron chi connectivity index (χ4n) is 6.00. The molecule has 1 heterocycles. The topological polar surface area (TPSA) is 37.4 Å². The highest BCUT2D eigenvalue weighted by Crippen LogP contribution is 2.64. The number of nitrogens with zero attached hydrogens (tertiary/aromatic N) is 1. The molecule has 29 heavy (non-hydrogen) atoms. The Morgan fingerprint density at radius 2 is 1.34 bits per heavy atom. The van der Waals surface area contributed by atoms with Crippen molar-refractivity contribution in [2.24, 2.45) is 11.8 Å². The summed E-state index contributed by atoms with van der Waals surface area (Å²) in [6.45, 7) is 2.13. The van der Waals surface area contributed by atoms with Crippen molar-refractivity contribution in [2.75, 3.05) is 4.90 Å². The van der Waals surface area contributed by atoms with Gasteiger partial charge in [-0.15, -0.1) is 0 Å². The van der Waals surface area contributed by atoms with Gasteiger partial charge in [-0.3, -0.25) is 9.59 Å². The lowest BCUT2D eigenvalue weighted by Gasteiger charge is -2.52. The molecular weight excluding hydrogens is 382 g/mol. The highest BCUT2D eigenvalue weighted by atomic mass is 35.5. The van der Waals surface area contributed by atoms with Crippen molar-refractivity contribution >= 4 is 29.1 Å². The van der Waals surface area contributed by atoms with E-state index in [4.69, 9.17) is 11.6 Å². The zero-order chi connectivity index (χ0) is 19.9. The first-order chi connectivity index (χ1) is 14.0. The Kier molecular flexibility index (Phi) is 3.27. The van der Waals surface area contributed by atoms with Crippen molar-refractivity contribution in [1.29, 1.82) is 0 Å². The van der Waals surface area contributed by atoms with Gasteiger partial charge in [0, 0.05) is 16.4 Å². The third-order valence-corrected chi connectivity index (χ3v) is 7.38. The van der Waals surface area contributed by atoms with E-state index >= 15 is 0 Å². The van der Waals surface area contributed by atoms with Crippen LogP contribution in [0.3, 0.4) is 0 Å². The summed E-state index contributed by atoms with van der Waals surface area (Å²) >= 11 is 6.02. The summed E-state index contributed by atoms with van der Waals surface area (Å²) in [6, 6.07) is 23.5. The average Bonchev–Trinajstić information content (AvgIpc) is 3.01. The van der Waals surface area contributed by atoms with E-state index < -0.39 is 11.3 Å². The minimum absolute atomic E-state index is 0.0945. The number of anilines is 1. The molecule has 2 amide bonds. The third kappa shape index (κ3) is 1.94. The van der Waals surface area contributed by atoms with Gasteiger partial charge in [0.2, 0.25) is 11.8 Å². The maximum absolute atomic E-state index is 13.7. The zero-order valence-corrected chi connectivity index (χ0v) is 16.6. The molecule has 3 aromatic carbocycles. The zero-order valence-electron chi connectivity index (χ0n) is 15.8. The van der Waals surface area contributed by atoms with Crippen LogP contribution in [0.15, 0.2) is 72.8 Å². The lowest BCUT2D eigenvalue weighted by atomic mass is 9.48. The summed E-state index contributed by atoms with van der Waals surface area (Å²) in [6.07, 6.45) is 0. The van der Waals surface area contributed by atoms with Crippen LogP contribution in [0.2, 0.25) is 5.02 Å². The molecule has 0 unspecified atom stereocenters. The monoisotopic (exact) mass is 399 g/mol. The van der Waals surface area contributed by atoms with Crippen LogP contribution in [0, 0.1) is 11.8 Å². The van der Waals surface area contributed by atoms with Gasteiger partial charge < -0.3 is 0 Å². The highest BCUT2D eigenvalue weighted by Gasteiger charge is 2.66. The van der Waals surface area contributed by atoms with E-state index in [0.29, 0.717) is 10.7 Å². The van der Waals surface area contributed by atoms with Gasteiger partial charge in [0.1, 0.15) is 0 Å². The normalized spacial score (nSPS) is 28.9. The second-order valence-electron chi connectivity index (χ2n) is 8.35. The van der Waals surface area contributed by atoms with E-state index in [-0.39, 0.29) is 23.7 Å². The van der Waals surface area contributed by atoms with E-state index in [2.05, 4.69) is 31.2 Å². The number of imide groups is 1. The van der Waals surface area contributed by atoms with E-state index in [1.807, 2.05) is 24.3 Å². The molecule has 1 aliphatic heterocycles. The Labute approximate surface area is 173 Å². The molecule has 3 aromatic rings. The third-order valence-electron chi connectivity index (χ3n) is 7.13. The number of rotatable bonds is 1. The van der Waals surface area contributed by atoms with E-state index in [9.17, 15) is 9.59 Å². The molecule has 1 fully saturated rings. The molecule has 1 saturated heterocycles. The summed E-state index contributed by atoms with van der Waals surface area (Å²) < 4.78 is 0. The van der Waals surface area contributed by atoms with Crippen LogP contribution in [0.1, 0.15) is 35.1 Å². The van der Waals surface area contributed by atoms with E-state index in [0.717, 1.165) is 0 Å². The van der Waals surface area contributed by atoms with Crippen molar-refractivity contribution in [3.8, 4) is 0 Å². The Balaban J connectivity index is 1.61. The molecular formula is C25H18ClNO2. The predicted molar refractivity (Wildman–Crippen MR) is 112 cm³/mol. The van der Waals surface area contributed by atoms with Crippen LogP contribution in [0.25, 0.3) is 0 Å². The second kappa shape index (κ2) is 5.58. The molecule has 0 radical (unpaired) electrons. The summed E-state index contributed by atoms with van der Waals surface area (Å²) in [5, 5.41) is 0.581. The van der Waals surface area contributed by atoms with E-state index in [1.165, 1.54) is 27.2 Å². The molecule has 0 aromatic heterocycles. The molecule has 0 saturated carbocycles. The maximum atomic E-state index is 13.7. The number of amides is 2. The smallest absolute Gasteiger partial charge is 0.238 e. The highest BCUT2D eigenvalue weighted by molar-refractivity contribution is 6.31. The van der Waals surface area contributed by atoms with Crippen LogP contribution in [0.5, 0.6) is 0 Å². The Morgan fingerprint density at radius 1 is 0.793 bits per heavy atom. The molecule has 3 aliphatic carbocycles. The number of benzene rings is 3. The summed E-state index contributed by atoms with van der Waals surface area (Å²) in [5.41, 5.74) is 4.76. The van der Waals surface area contributed by atoms with Gasteiger partial charge in [0.15, 0.2) is 0 Å². The molecule has 4 heteroatoms. The lowest BCUT2D eigenvalue weighted by molar-refractivity contribution is -0.123. The number of carbonyl (C=O) groups is 2. The Bertz CT molecular complexity index is 1150. The molecule has 0 N–H and O–H groups in total. The summed E-state index contributed by atoms with van der Waals surface area (Å²) in [4.78, 5) is 28.8. The largest absolute Gasteiger partial charge is 0.274 e. The van der Waals surface area contributed by atoms with E-state index in [1.54, 1.807) is 24.3 Å². The van der Waals surface area contributed by atoms with Crippen molar-refractivity contribution in [3.05, 3.63) is 100 Å². The van der Waals surface area contributed by atoms with Gasteiger partial charge in [-0.2, -0.15) is 0 Å². The second-order valence-corrected chi connectivity index (χ2v) is 8.78. The van der Waals surface area contributed by atoms with Gasteiger partial charge >= 0.3 is 0 Å². The SMILES string of the molecule is CC12c3ccccc3C(c3ccccc31)[C@H]1C(=O)N(c3ccc(Cl)cc3)C(=O)[C@H]12. The van der Waals surface area contributed by atoms with Gasteiger partial charge in [-0.05, 0) is 46.5 Å². The molecule has 0 spiro atoms. The van der Waals surface area contributed by atoms with Crippen LogP contribution >= 0.6 is 11.6 Å². The first-order valence-electron chi connectivity index (χ1n) is 9.85.